The summed E-state index contributed by atoms with van der Waals surface area (Å²) in [5, 5.41) is 7.75. The third kappa shape index (κ3) is 11.3. The molecule has 0 rings (SSSR count). The van der Waals surface area contributed by atoms with E-state index in [1.165, 1.54) is 0 Å². The van der Waals surface area contributed by atoms with Gasteiger partial charge in [-0.3, -0.25) is 0 Å². The Morgan fingerprint density at radius 2 is 2.14 bits per heavy atom. The van der Waals surface area contributed by atoms with Gasteiger partial charge < -0.3 is 17.0 Å². The monoisotopic (exact) mass is 104 g/mol. The van der Waals surface area contributed by atoms with Crippen LogP contribution in [0.15, 0.2) is 12.3 Å². The molecule has 0 saturated carbocycles. The van der Waals surface area contributed by atoms with Gasteiger partial charge in [-0.2, -0.15) is 0 Å². The molecular formula is C3H8N2O2. The lowest BCUT2D eigenvalue weighted by molar-refractivity contribution is -0.131. The molecule has 0 aliphatic carbocycles. The summed E-state index contributed by atoms with van der Waals surface area (Å²) in [6.07, 6.45) is 1.84. The summed E-state index contributed by atoms with van der Waals surface area (Å²) in [6, 6.07) is 0. The molecule has 0 fully saturated rings. The molecule has 0 atom stereocenters. The third-order valence-corrected chi connectivity index (χ3v) is 0.239. The minimum absolute atomic E-state index is 0. The quantitative estimate of drug-likeness (QED) is 0.398. The van der Waals surface area contributed by atoms with E-state index in [4.69, 9.17) is 5.11 Å². The van der Waals surface area contributed by atoms with Gasteiger partial charge in [0, 0.05) is 12.3 Å². The summed E-state index contributed by atoms with van der Waals surface area (Å²) >= 11 is 0. The number of carboxylic acid groups (broad SMARTS) is 1. The Kier molecular flexibility index (Phi) is 6.64. The molecular weight excluding hydrogens is 96.0 g/mol. The van der Waals surface area contributed by atoms with Crippen LogP contribution in [0.25, 0.3) is 0 Å². The number of hydrogen-bond acceptors (Lipinski definition) is 3. The van der Waals surface area contributed by atoms with E-state index in [9.17, 15) is 4.79 Å². The van der Waals surface area contributed by atoms with Crippen LogP contribution >= 0.6 is 0 Å². The molecule has 7 heavy (non-hydrogen) atoms. The fourth-order valence-corrected chi connectivity index (χ4v) is 0.0823. The summed E-state index contributed by atoms with van der Waals surface area (Å²) in [6.45, 7) is 0. The van der Waals surface area contributed by atoms with Crippen molar-refractivity contribution in [1.29, 1.82) is 0 Å². The minimum atomic E-state index is -1.02. The molecule has 0 aromatic heterocycles. The topological polar surface area (TPSA) is 98.3 Å². The molecule has 0 spiro atoms. The standard InChI is InChI=1S/C3H5NO2.H3N/c4-2-1-3(5)6;/h1-2H,4H2,(H,5,6);1H3. The lowest BCUT2D eigenvalue weighted by Crippen LogP contribution is -1.88. The van der Waals surface area contributed by atoms with E-state index in [0.29, 0.717) is 0 Å². The number of carbonyl (C=O) groups is 1. The summed E-state index contributed by atoms with van der Waals surface area (Å²) in [7, 11) is 0. The average molecular weight is 104 g/mol. The van der Waals surface area contributed by atoms with E-state index >= 15 is 0 Å². The highest BCUT2D eigenvalue weighted by atomic mass is 16.4. The van der Waals surface area contributed by atoms with Crippen LogP contribution in [-0.4, -0.2) is 11.1 Å². The van der Waals surface area contributed by atoms with Crippen LogP contribution in [0.2, 0.25) is 0 Å². The molecule has 4 nitrogen and oxygen atoms in total. The Bertz CT molecular complexity index is 79.0. The van der Waals surface area contributed by atoms with E-state index in [2.05, 4.69) is 5.73 Å². The summed E-state index contributed by atoms with van der Waals surface area (Å²) < 4.78 is 0. The van der Waals surface area contributed by atoms with Crippen LogP contribution < -0.4 is 11.9 Å². The second-order valence-electron chi connectivity index (χ2n) is 0.697. The molecule has 0 saturated heterocycles. The Hall–Kier alpha value is -1.03. The maximum atomic E-state index is 9.43. The van der Waals surface area contributed by atoms with Crippen molar-refractivity contribution in [2.75, 3.05) is 0 Å². The molecule has 6 N–H and O–H groups in total. The number of hydrogen-bond donors (Lipinski definition) is 3. The Balaban J connectivity index is 0. The number of carboxylic acids is 1. The second kappa shape index (κ2) is 4.97. The fourth-order valence-electron chi connectivity index (χ4n) is 0.0823. The van der Waals surface area contributed by atoms with E-state index in [1.54, 1.807) is 0 Å². The first-order valence-electron chi connectivity index (χ1n) is 1.38. The molecule has 0 amide bonds. The van der Waals surface area contributed by atoms with Crippen molar-refractivity contribution < 1.29 is 9.90 Å². The van der Waals surface area contributed by atoms with Gasteiger partial charge in [0.2, 0.25) is 0 Å². The molecule has 0 aromatic carbocycles. The zero-order valence-corrected chi connectivity index (χ0v) is 3.79. The van der Waals surface area contributed by atoms with Gasteiger partial charge in [0.15, 0.2) is 0 Å². The van der Waals surface area contributed by atoms with Crippen molar-refractivity contribution in [3.8, 4) is 0 Å². The predicted molar refractivity (Wildman–Crippen MR) is 26.0 cm³/mol. The van der Waals surface area contributed by atoms with E-state index in [0.717, 1.165) is 12.3 Å². The van der Waals surface area contributed by atoms with Gasteiger partial charge >= 0.3 is 5.97 Å². The first kappa shape index (κ1) is 9.36. The van der Waals surface area contributed by atoms with Gasteiger partial charge in [-0.05, 0) is 0 Å². The highest BCUT2D eigenvalue weighted by Crippen LogP contribution is 1.59. The Labute approximate surface area is 41.2 Å². The fraction of sp³-hybridized carbons (Fsp3) is 0. The van der Waals surface area contributed by atoms with E-state index in [1.807, 2.05) is 0 Å². The molecule has 0 radical (unpaired) electrons. The number of aliphatic carboxylic acids is 1. The van der Waals surface area contributed by atoms with Crippen molar-refractivity contribution in [3.63, 3.8) is 0 Å². The van der Waals surface area contributed by atoms with Crippen LogP contribution in [0.4, 0.5) is 0 Å². The highest BCUT2D eigenvalue weighted by Gasteiger charge is 1.77. The van der Waals surface area contributed by atoms with Gasteiger partial charge in [0.1, 0.15) is 0 Å². The number of rotatable bonds is 1. The van der Waals surface area contributed by atoms with Crippen molar-refractivity contribution in [3.05, 3.63) is 12.3 Å². The summed E-state index contributed by atoms with van der Waals surface area (Å²) in [4.78, 5) is 9.43. The van der Waals surface area contributed by atoms with Gasteiger partial charge in [-0.15, -0.1) is 0 Å². The van der Waals surface area contributed by atoms with Crippen molar-refractivity contribution >= 4 is 5.97 Å². The average Bonchev–Trinajstić information content (AvgIpc) is 1.35. The second-order valence-corrected chi connectivity index (χ2v) is 0.697. The highest BCUT2D eigenvalue weighted by molar-refractivity contribution is 5.79. The maximum absolute atomic E-state index is 9.43. The first-order valence-corrected chi connectivity index (χ1v) is 1.38. The maximum Gasteiger partial charge on any atom is 0.329 e. The van der Waals surface area contributed by atoms with Gasteiger partial charge in [0.25, 0.3) is 0 Å². The normalized spacial score (nSPS) is 8.00. The lowest BCUT2D eigenvalue weighted by Gasteiger charge is -1.69. The van der Waals surface area contributed by atoms with Crippen LogP contribution in [0.3, 0.4) is 0 Å². The zero-order chi connectivity index (χ0) is 4.99. The largest absolute Gasteiger partial charge is 0.478 e. The van der Waals surface area contributed by atoms with Gasteiger partial charge in [-0.1, -0.05) is 0 Å². The van der Waals surface area contributed by atoms with Gasteiger partial charge in [-0.25, -0.2) is 4.79 Å². The summed E-state index contributed by atoms with van der Waals surface area (Å²) in [5.41, 5.74) is 4.67. The first-order chi connectivity index (χ1) is 2.77. The van der Waals surface area contributed by atoms with Crippen molar-refractivity contribution in [2.24, 2.45) is 5.73 Å². The molecule has 42 valence electrons. The smallest absolute Gasteiger partial charge is 0.329 e. The molecule has 0 aromatic rings. The molecule has 0 heterocycles. The molecule has 0 aliphatic heterocycles. The summed E-state index contributed by atoms with van der Waals surface area (Å²) in [5.74, 6) is -1.02. The minimum Gasteiger partial charge on any atom is -0.478 e. The molecule has 4 heteroatoms. The van der Waals surface area contributed by atoms with Crippen LogP contribution in [-0.2, 0) is 4.79 Å². The zero-order valence-electron chi connectivity index (χ0n) is 3.79. The SMILES string of the molecule is N.NC=CC(=O)O. The third-order valence-electron chi connectivity index (χ3n) is 0.239. The lowest BCUT2D eigenvalue weighted by atomic mass is 10.6. The van der Waals surface area contributed by atoms with Gasteiger partial charge in [0.05, 0.1) is 0 Å². The Morgan fingerprint density at radius 3 is 2.14 bits per heavy atom. The van der Waals surface area contributed by atoms with Crippen molar-refractivity contribution in [2.45, 2.75) is 0 Å². The van der Waals surface area contributed by atoms with Crippen LogP contribution in [0.1, 0.15) is 0 Å². The molecule has 0 aliphatic rings. The van der Waals surface area contributed by atoms with E-state index < -0.39 is 5.97 Å². The van der Waals surface area contributed by atoms with Crippen LogP contribution in [0.5, 0.6) is 0 Å². The number of nitrogens with two attached hydrogens (primary N) is 1. The molecule has 0 bridgehead atoms. The Morgan fingerprint density at radius 1 is 1.71 bits per heavy atom. The van der Waals surface area contributed by atoms with Crippen LogP contribution in [0, 0.1) is 0 Å². The van der Waals surface area contributed by atoms with E-state index in [-0.39, 0.29) is 6.15 Å². The molecule has 0 unspecified atom stereocenters. The predicted octanol–water partition coefficient (Wildman–Crippen LogP) is -0.295. The van der Waals surface area contributed by atoms with Crippen molar-refractivity contribution in [1.82, 2.24) is 6.15 Å².